The summed E-state index contributed by atoms with van der Waals surface area (Å²) in [6.45, 7) is 8.22. The highest BCUT2D eigenvalue weighted by atomic mass is 16.4. The molecule has 1 aromatic carbocycles. The van der Waals surface area contributed by atoms with E-state index in [4.69, 9.17) is 4.42 Å². The number of benzene rings is 1. The van der Waals surface area contributed by atoms with Crippen LogP contribution in [0.3, 0.4) is 0 Å². The van der Waals surface area contributed by atoms with Gasteiger partial charge in [0.15, 0.2) is 5.58 Å². The Kier molecular flexibility index (Phi) is 4.27. The van der Waals surface area contributed by atoms with Crippen molar-refractivity contribution in [3.63, 3.8) is 0 Å². The lowest BCUT2D eigenvalue weighted by molar-refractivity contribution is 0.154. The van der Waals surface area contributed by atoms with E-state index in [1.54, 1.807) is 0 Å². The van der Waals surface area contributed by atoms with Crippen LogP contribution in [-0.2, 0) is 0 Å². The van der Waals surface area contributed by atoms with Gasteiger partial charge in [0, 0.05) is 39.3 Å². The molecule has 0 unspecified atom stereocenters. The first-order valence-corrected chi connectivity index (χ1v) is 8.04. The highest BCUT2D eigenvalue weighted by Gasteiger charge is 2.25. The fourth-order valence-corrected chi connectivity index (χ4v) is 3.04. The number of aromatic amines is 1. The molecule has 7 nitrogen and oxygen atoms in total. The Hall–Kier alpha value is -2.44. The summed E-state index contributed by atoms with van der Waals surface area (Å²) in [5, 5.41) is 0. The minimum Gasteiger partial charge on any atom is -0.406 e. The third-order valence-electron chi connectivity index (χ3n) is 4.35. The van der Waals surface area contributed by atoms with Gasteiger partial charge in [-0.05, 0) is 26.0 Å². The number of nitrogens with zero attached hydrogens (tertiary/aromatic N) is 3. The number of para-hydroxylation sites is 1. The lowest BCUT2D eigenvalue weighted by atomic mass is 10.2. The SMILES string of the molecule is CCN(CC)C(=O)N1CCN(c2cccc3[nH]c(=O)oc23)CC1. The smallest absolute Gasteiger partial charge is 0.406 e. The zero-order chi connectivity index (χ0) is 16.4. The Morgan fingerprint density at radius 3 is 2.57 bits per heavy atom. The summed E-state index contributed by atoms with van der Waals surface area (Å²) in [6, 6.07) is 5.77. The molecule has 1 aliphatic rings. The predicted molar refractivity (Wildman–Crippen MR) is 88.9 cm³/mol. The van der Waals surface area contributed by atoms with E-state index in [2.05, 4.69) is 9.88 Å². The van der Waals surface area contributed by atoms with Gasteiger partial charge in [-0.25, -0.2) is 9.59 Å². The van der Waals surface area contributed by atoms with E-state index in [9.17, 15) is 9.59 Å². The van der Waals surface area contributed by atoms with E-state index in [1.807, 2.05) is 41.8 Å². The normalized spacial score (nSPS) is 15.2. The van der Waals surface area contributed by atoms with Gasteiger partial charge in [0.1, 0.15) is 0 Å². The highest BCUT2D eigenvalue weighted by molar-refractivity contribution is 5.86. The summed E-state index contributed by atoms with van der Waals surface area (Å²) in [5.41, 5.74) is 2.19. The van der Waals surface area contributed by atoms with E-state index < -0.39 is 5.76 Å². The Bertz CT molecular complexity index is 739. The van der Waals surface area contributed by atoms with Crippen molar-refractivity contribution in [1.29, 1.82) is 0 Å². The average Bonchev–Trinajstić information content (AvgIpc) is 2.96. The molecule has 0 spiro atoms. The van der Waals surface area contributed by atoms with Crippen LogP contribution in [0.5, 0.6) is 0 Å². The molecule has 23 heavy (non-hydrogen) atoms. The summed E-state index contributed by atoms with van der Waals surface area (Å²) >= 11 is 0. The van der Waals surface area contributed by atoms with Gasteiger partial charge < -0.3 is 19.1 Å². The van der Waals surface area contributed by atoms with Gasteiger partial charge in [-0.15, -0.1) is 0 Å². The van der Waals surface area contributed by atoms with E-state index in [-0.39, 0.29) is 6.03 Å². The topological polar surface area (TPSA) is 72.8 Å². The molecule has 1 saturated heterocycles. The zero-order valence-corrected chi connectivity index (χ0v) is 13.5. The van der Waals surface area contributed by atoms with Crippen LogP contribution in [0, 0.1) is 0 Å². The number of oxazole rings is 1. The van der Waals surface area contributed by atoms with Crippen molar-refractivity contribution in [2.75, 3.05) is 44.2 Å². The van der Waals surface area contributed by atoms with Crippen LogP contribution in [0.15, 0.2) is 27.4 Å². The second-order valence-corrected chi connectivity index (χ2v) is 5.60. The first-order chi connectivity index (χ1) is 11.1. The van der Waals surface area contributed by atoms with Crippen LogP contribution in [0.4, 0.5) is 10.5 Å². The molecule has 1 aliphatic heterocycles. The molecular weight excluding hydrogens is 296 g/mol. The standard InChI is InChI=1S/C16H22N4O3/c1-3-18(4-2)16(22)20-10-8-19(9-11-20)13-7-5-6-12-14(13)23-15(21)17-12/h5-7H,3-4,8-11H2,1-2H3,(H,17,21). The van der Waals surface area contributed by atoms with Crippen LogP contribution in [0.2, 0.25) is 0 Å². The molecule has 2 heterocycles. The average molecular weight is 318 g/mol. The molecule has 7 heteroatoms. The van der Waals surface area contributed by atoms with Crippen molar-refractivity contribution in [3.8, 4) is 0 Å². The monoisotopic (exact) mass is 318 g/mol. The van der Waals surface area contributed by atoms with Crippen LogP contribution in [-0.4, -0.2) is 60.1 Å². The van der Waals surface area contributed by atoms with Gasteiger partial charge in [0.2, 0.25) is 0 Å². The predicted octanol–water partition coefficient (Wildman–Crippen LogP) is 1.70. The molecule has 1 N–H and O–H groups in total. The Morgan fingerprint density at radius 2 is 1.91 bits per heavy atom. The van der Waals surface area contributed by atoms with Crippen molar-refractivity contribution in [2.24, 2.45) is 0 Å². The van der Waals surface area contributed by atoms with Crippen molar-refractivity contribution in [1.82, 2.24) is 14.8 Å². The fourth-order valence-electron chi connectivity index (χ4n) is 3.04. The van der Waals surface area contributed by atoms with E-state index >= 15 is 0 Å². The van der Waals surface area contributed by atoms with E-state index in [0.717, 1.165) is 31.9 Å². The summed E-state index contributed by atoms with van der Waals surface area (Å²) in [7, 11) is 0. The number of hydrogen-bond donors (Lipinski definition) is 1. The van der Waals surface area contributed by atoms with Crippen LogP contribution in [0.1, 0.15) is 13.8 Å². The lowest BCUT2D eigenvalue weighted by Crippen LogP contribution is -2.52. The molecule has 1 fully saturated rings. The van der Waals surface area contributed by atoms with Crippen molar-refractivity contribution in [2.45, 2.75) is 13.8 Å². The van der Waals surface area contributed by atoms with Crippen LogP contribution >= 0.6 is 0 Å². The van der Waals surface area contributed by atoms with E-state index in [0.29, 0.717) is 24.2 Å². The fraction of sp³-hybridized carbons (Fsp3) is 0.500. The number of amides is 2. The number of aromatic nitrogens is 1. The summed E-state index contributed by atoms with van der Waals surface area (Å²) in [5.74, 6) is -0.442. The lowest BCUT2D eigenvalue weighted by Gasteiger charge is -2.38. The number of nitrogens with one attached hydrogen (secondary N) is 1. The molecule has 2 amide bonds. The number of piperazine rings is 1. The van der Waals surface area contributed by atoms with E-state index in [1.165, 1.54) is 0 Å². The molecule has 0 aliphatic carbocycles. The van der Waals surface area contributed by atoms with Crippen LogP contribution < -0.4 is 10.7 Å². The summed E-state index contributed by atoms with van der Waals surface area (Å²) < 4.78 is 5.26. The number of rotatable bonds is 3. The van der Waals surface area contributed by atoms with Crippen molar-refractivity contribution >= 4 is 22.8 Å². The third-order valence-corrected chi connectivity index (χ3v) is 4.35. The number of carbonyl (C=O) groups is 1. The number of H-pyrrole nitrogens is 1. The molecule has 2 aromatic rings. The largest absolute Gasteiger partial charge is 0.417 e. The van der Waals surface area contributed by atoms with Gasteiger partial charge in [0.25, 0.3) is 0 Å². The van der Waals surface area contributed by atoms with Gasteiger partial charge >= 0.3 is 11.8 Å². The second-order valence-electron chi connectivity index (χ2n) is 5.60. The third kappa shape index (κ3) is 2.91. The molecule has 124 valence electrons. The first kappa shape index (κ1) is 15.5. The Labute approximate surface area is 134 Å². The molecule has 3 rings (SSSR count). The molecule has 0 atom stereocenters. The second kappa shape index (κ2) is 6.36. The number of fused-ring (bicyclic) bond motifs is 1. The molecular formula is C16H22N4O3. The number of anilines is 1. The molecule has 0 bridgehead atoms. The van der Waals surface area contributed by atoms with Crippen molar-refractivity contribution in [3.05, 3.63) is 28.7 Å². The van der Waals surface area contributed by atoms with Gasteiger partial charge in [0.05, 0.1) is 11.2 Å². The maximum absolute atomic E-state index is 12.4. The quantitative estimate of drug-likeness (QED) is 0.935. The first-order valence-electron chi connectivity index (χ1n) is 8.04. The van der Waals surface area contributed by atoms with Gasteiger partial charge in [-0.1, -0.05) is 6.07 Å². The zero-order valence-electron chi connectivity index (χ0n) is 13.5. The number of hydrogen-bond acceptors (Lipinski definition) is 4. The van der Waals surface area contributed by atoms with Gasteiger partial charge in [-0.3, -0.25) is 4.98 Å². The minimum atomic E-state index is -0.442. The maximum Gasteiger partial charge on any atom is 0.417 e. The number of urea groups is 1. The maximum atomic E-state index is 12.4. The van der Waals surface area contributed by atoms with Crippen molar-refractivity contribution < 1.29 is 9.21 Å². The molecule has 1 aromatic heterocycles. The summed E-state index contributed by atoms with van der Waals surface area (Å²) in [6.07, 6.45) is 0. The van der Waals surface area contributed by atoms with Crippen LogP contribution in [0.25, 0.3) is 11.1 Å². The molecule has 0 saturated carbocycles. The Balaban J connectivity index is 1.73. The van der Waals surface area contributed by atoms with Gasteiger partial charge in [-0.2, -0.15) is 0 Å². The summed E-state index contributed by atoms with van der Waals surface area (Å²) in [4.78, 5) is 32.3. The number of carbonyl (C=O) groups excluding carboxylic acids is 1. The Morgan fingerprint density at radius 1 is 1.22 bits per heavy atom. The highest BCUT2D eigenvalue weighted by Crippen LogP contribution is 2.25. The minimum absolute atomic E-state index is 0.0982. The molecule has 0 radical (unpaired) electrons.